The fourth-order valence-electron chi connectivity index (χ4n) is 3.11. The molecule has 5 amide bonds. The highest BCUT2D eigenvalue weighted by Crippen LogP contribution is 2.09. The minimum absolute atomic E-state index is 0.0490. The van der Waals surface area contributed by atoms with E-state index in [0.29, 0.717) is 12.7 Å². The zero-order chi connectivity index (χ0) is 26.6. The van der Waals surface area contributed by atoms with Crippen molar-refractivity contribution in [3.05, 3.63) is 0 Å². The van der Waals surface area contributed by atoms with Crippen molar-refractivity contribution in [1.82, 2.24) is 26.2 Å². The molecule has 0 heterocycles. The molecule has 4 N–H and O–H groups in total. The average Bonchev–Trinajstić information content (AvgIpc) is 2.72. The highest BCUT2D eigenvalue weighted by atomic mass is 16.2. The zero-order valence-electron chi connectivity index (χ0n) is 21.6. The molecule has 0 aliphatic carbocycles. The van der Waals surface area contributed by atoms with E-state index in [0.717, 1.165) is 0 Å². The molecule has 34 heavy (non-hydrogen) atoms. The summed E-state index contributed by atoms with van der Waals surface area (Å²) in [4.78, 5) is 74.1. The summed E-state index contributed by atoms with van der Waals surface area (Å²) in [7, 11) is 3.21. The molecule has 0 fully saturated rings. The largest absolute Gasteiger partial charge is 0.349 e. The average molecular weight is 484 g/mol. The number of nitrogens with zero attached hydrogens (tertiary/aromatic N) is 1. The van der Waals surface area contributed by atoms with Crippen LogP contribution in [0, 0.1) is 11.8 Å². The van der Waals surface area contributed by atoms with E-state index < -0.39 is 41.9 Å². The van der Waals surface area contributed by atoms with Crippen LogP contribution in [0.25, 0.3) is 0 Å². The standard InChI is InChI=1S/C23H41N5O6/c1-13(2)11-18(22(33)25-17(12-29)9-10-19(31)28(7)8)26-23(34)20(14(3)4)27-21(32)15(5)24-16(6)30/h12-15,17-18,20H,9-11H2,1-8H3,(H,24,30)(H,25,33)(H,26,34)(H,27,32)/t15-,17?,18-,20-/m0/s1. The summed E-state index contributed by atoms with van der Waals surface area (Å²) >= 11 is 0. The van der Waals surface area contributed by atoms with Crippen molar-refractivity contribution < 1.29 is 28.8 Å². The van der Waals surface area contributed by atoms with E-state index in [4.69, 9.17) is 0 Å². The minimum Gasteiger partial charge on any atom is -0.349 e. The van der Waals surface area contributed by atoms with Gasteiger partial charge in [-0.3, -0.25) is 24.0 Å². The Morgan fingerprint density at radius 3 is 1.85 bits per heavy atom. The normalized spacial score (nSPS) is 14.4. The molecule has 11 nitrogen and oxygen atoms in total. The summed E-state index contributed by atoms with van der Waals surface area (Å²) in [6.45, 7) is 10.0. The molecular weight excluding hydrogens is 442 g/mol. The van der Waals surface area contributed by atoms with Crippen molar-refractivity contribution in [3.8, 4) is 0 Å². The predicted octanol–water partition coefficient (Wildman–Crippen LogP) is -0.265. The molecule has 11 heteroatoms. The van der Waals surface area contributed by atoms with Gasteiger partial charge in [0, 0.05) is 27.4 Å². The number of carbonyl (C=O) groups excluding carboxylic acids is 6. The molecule has 0 aromatic rings. The van der Waals surface area contributed by atoms with E-state index in [-0.39, 0.29) is 36.5 Å². The Morgan fingerprint density at radius 2 is 1.41 bits per heavy atom. The van der Waals surface area contributed by atoms with Crippen LogP contribution in [0.4, 0.5) is 0 Å². The molecule has 0 aliphatic heterocycles. The van der Waals surface area contributed by atoms with Crippen LogP contribution in [0.5, 0.6) is 0 Å². The lowest BCUT2D eigenvalue weighted by Crippen LogP contribution is -2.58. The highest BCUT2D eigenvalue weighted by molar-refractivity contribution is 5.94. The van der Waals surface area contributed by atoms with Crippen LogP contribution in [0.1, 0.15) is 60.8 Å². The molecule has 0 spiro atoms. The van der Waals surface area contributed by atoms with E-state index in [1.165, 1.54) is 18.7 Å². The lowest BCUT2D eigenvalue weighted by molar-refractivity contribution is -0.134. The first kappa shape index (κ1) is 31.0. The van der Waals surface area contributed by atoms with Gasteiger partial charge >= 0.3 is 0 Å². The number of amides is 5. The first-order valence-corrected chi connectivity index (χ1v) is 11.5. The predicted molar refractivity (Wildman–Crippen MR) is 127 cm³/mol. The first-order valence-electron chi connectivity index (χ1n) is 11.5. The van der Waals surface area contributed by atoms with Gasteiger partial charge in [-0.05, 0) is 31.6 Å². The molecule has 0 aromatic heterocycles. The third-order valence-electron chi connectivity index (χ3n) is 5.06. The molecule has 0 radical (unpaired) electrons. The van der Waals surface area contributed by atoms with Crippen LogP contribution in [-0.2, 0) is 28.8 Å². The molecule has 0 bridgehead atoms. The second kappa shape index (κ2) is 15.0. The summed E-state index contributed by atoms with van der Waals surface area (Å²) in [5, 5.41) is 10.4. The van der Waals surface area contributed by atoms with Gasteiger partial charge in [0.1, 0.15) is 24.4 Å². The number of aldehydes is 1. The quantitative estimate of drug-likeness (QED) is 0.250. The van der Waals surface area contributed by atoms with Gasteiger partial charge in [-0.15, -0.1) is 0 Å². The number of nitrogens with one attached hydrogen (secondary N) is 4. The smallest absolute Gasteiger partial charge is 0.243 e. The minimum atomic E-state index is -0.939. The molecule has 0 aromatic carbocycles. The van der Waals surface area contributed by atoms with Gasteiger partial charge in [0.25, 0.3) is 0 Å². The van der Waals surface area contributed by atoms with Crippen molar-refractivity contribution in [3.63, 3.8) is 0 Å². The number of rotatable bonds is 14. The topological polar surface area (TPSA) is 154 Å². The summed E-state index contributed by atoms with van der Waals surface area (Å²) in [5.74, 6) is -2.41. The maximum atomic E-state index is 13.0. The Bertz CT molecular complexity index is 737. The third-order valence-corrected chi connectivity index (χ3v) is 5.06. The molecule has 0 aliphatic rings. The Kier molecular flexibility index (Phi) is 13.7. The summed E-state index contributed by atoms with van der Waals surface area (Å²) in [6.07, 6.45) is 1.10. The Labute approximate surface area is 202 Å². The Hall–Kier alpha value is -2.98. The van der Waals surface area contributed by atoms with Crippen LogP contribution in [-0.4, -0.2) is 79.0 Å². The van der Waals surface area contributed by atoms with Gasteiger partial charge < -0.3 is 31.0 Å². The molecule has 0 rings (SSSR count). The van der Waals surface area contributed by atoms with Gasteiger partial charge in [0.2, 0.25) is 29.5 Å². The van der Waals surface area contributed by atoms with Crippen molar-refractivity contribution in [2.45, 2.75) is 85.0 Å². The number of hydrogen-bond acceptors (Lipinski definition) is 6. The van der Waals surface area contributed by atoms with Crippen LogP contribution in [0.15, 0.2) is 0 Å². The second-order valence-corrected chi connectivity index (χ2v) is 9.42. The fraction of sp³-hybridized carbons (Fsp3) is 0.739. The van der Waals surface area contributed by atoms with Crippen molar-refractivity contribution in [1.29, 1.82) is 0 Å². The van der Waals surface area contributed by atoms with Gasteiger partial charge in [-0.1, -0.05) is 27.7 Å². The van der Waals surface area contributed by atoms with Crippen LogP contribution in [0.3, 0.4) is 0 Å². The van der Waals surface area contributed by atoms with Crippen molar-refractivity contribution in [2.75, 3.05) is 14.1 Å². The molecule has 1 unspecified atom stereocenters. The Balaban J connectivity index is 5.35. The summed E-state index contributed by atoms with van der Waals surface area (Å²) in [6, 6.07) is -3.59. The van der Waals surface area contributed by atoms with Crippen molar-refractivity contribution >= 4 is 35.8 Å². The van der Waals surface area contributed by atoms with E-state index >= 15 is 0 Å². The SMILES string of the molecule is CC(=O)N[C@@H](C)C(=O)N[C@H](C(=O)N[C@@H](CC(C)C)C(=O)NC(C=O)CCC(=O)N(C)C)C(C)C. The zero-order valence-corrected chi connectivity index (χ0v) is 21.6. The second-order valence-electron chi connectivity index (χ2n) is 9.42. The van der Waals surface area contributed by atoms with Crippen LogP contribution >= 0.6 is 0 Å². The molecule has 0 saturated carbocycles. The monoisotopic (exact) mass is 483 g/mol. The van der Waals surface area contributed by atoms with Gasteiger partial charge in [0.05, 0.1) is 6.04 Å². The van der Waals surface area contributed by atoms with E-state index in [1.807, 2.05) is 13.8 Å². The Morgan fingerprint density at radius 1 is 0.824 bits per heavy atom. The van der Waals surface area contributed by atoms with Crippen molar-refractivity contribution in [2.24, 2.45) is 11.8 Å². The third kappa shape index (κ3) is 11.8. The van der Waals surface area contributed by atoms with Gasteiger partial charge in [0.15, 0.2) is 0 Å². The first-order chi connectivity index (χ1) is 15.7. The summed E-state index contributed by atoms with van der Waals surface area (Å²) < 4.78 is 0. The van der Waals surface area contributed by atoms with E-state index in [2.05, 4.69) is 21.3 Å². The van der Waals surface area contributed by atoms with Crippen LogP contribution < -0.4 is 21.3 Å². The summed E-state index contributed by atoms with van der Waals surface area (Å²) in [5.41, 5.74) is 0. The lowest BCUT2D eigenvalue weighted by Gasteiger charge is -2.27. The maximum absolute atomic E-state index is 13.0. The van der Waals surface area contributed by atoms with E-state index in [9.17, 15) is 28.8 Å². The van der Waals surface area contributed by atoms with Gasteiger partial charge in [-0.25, -0.2) is 0 Å². The van der Waals surface area contributed by atoms with Crippen LogP contribution in [0.2, 0.25) is 0 Å². The maximum Gasteiger partial charge on any atom is 0.243 e. The van der Waals surface area contributed by atoms with Gasteiger partial charge in [-0.2, -0.15) is 0 Å². The molecule has 0 saturated heterocycles. The number of hydrogen-bond donors (Lipinski definition) is 4. The lowest BCUT2D eigenvalue weighted by atomic mass is 9.99. The molecule has 4 atom stereocenters. The fourth-order valence-corrected chi connectivity index (χ4v) is 3.11. The number of carbonyl (C=O) groups is 6. The molecule has 194 valence electrons. The highest BCUT2D eigenvalue weighted by Gasteiger charge is 2.31. The molecular formula is C23H41N5O6. The van der Waals surface area contributed by atoms with E-state index in [1.54, 1.807) is 27.9 Å².